The largest absolute Gasteiger partial charge is 0.508 e. The van der Waals surface area contributed by atoms with Crippen LogP contribution in [0.4, 0.5) is 0 Å². The summed E-state index contributed by atoms with van der Waals surface area (Å²) in [6, 6.07) is 14.0. The number of phenols is 1. The van der Waals surface area contributed by atoms with E-state index < -0.39 is 0 Å². The molecule has 2 aromatic rings. The van der Waals surface area contributed by atoms with E-state index in [4.69, 9.17) is 0 Å². The predicted molar refractivity (Wildman–Crippen MR) is 73.6 cm³/mol. The van der Waals surface area contributed by atoms with Crippen molar-refractivity contribution in [1.82, 2.24) is 0 Å². The van der Waals surface area contributed by atoms with Crippen molar-refractivity contribution >= 4 is 11.8 Å². The van der Waals surface area contributed by atoms with Crippen LogP contribution in [0.15, 0.2) is 47.4 Å². The Balaban J connectivity index is 2.04. The van der Waals surface area contributed by atoms with E-state index in [0.717, 1.165) is 5.75 Å². The molecule has 2 rings (SSSR count). The van der Waals surface area contributed by atoms with Crippen molar-refractivity contribution in [2.24, 2.45) is 0 Å². The zero-order valence-corrected chi connectivity index (χ0v) is 10.9. The van der Waals surface area contributed by atoms with Gasteiger partial charge in [0.15, 0.2) is 0 Å². The van der Waals surface area contributed by atoms with Crippen LogP contribution in [0.25, 0.3) is 0 Å². The molecular weight excluding hydrogens is 228 g/mol. The van der Waals surface area contributed by atoms with Gasteiger partial charge in [-0.15, -0.1) is 11.8 Å². The SMILES string of the molecule is Cc1cc(C)cc(CSc2ccc(O)cc2)c1. The molecule has 2 heteroatoms. The Morgan fingerprint density at radius 3 is 2.12 bits per heavy atom. The molecule has 1 nitrogen and oxygen atoms in total. The molecule has 0 atom stereocenters. The van der Waals surface area contributed by atoms with E-state index in [1.165, 1.54) is 21.6 Å². The Kier molecular flexibility index (Phi) is 3.75. The van der Waals surface area contributed by atoms with Crippen molar-refractivity contribution in [3.05, 3.63) is 59.2 Å². The van der Waals surface area contributed by atoms with Crippen LogP contribution in [0.3, 0.4) is 0 Å². The lowest BCUT2D eigenvalue weighted by atomic mass is 10.1. The molecule has 0 fully saturated rings. The minimum atomic E-state index is 0.320. The van der Waals surface area contributed by atoms with Crippen molar-refractivity contribution in [2.45, 2.75) is 24.5 Å². The van der Waals surface area contributed by atoms with Gasteiger partial charge in [-0.3, -0.25) is 0 Å². The van der Waals surface area contributed by atoms with Gasteiger partial charge in [-0.2, -0.15) is 0 Å². The van der Waals surface area contributed by atoms with E-state index in [1.54, 1.807) is 23.9 Å². The molecule has 0 saturated carbocycles. The van der Waals surface area contributed by atoms with Crippen LogP contribution < -0.4 is 0 Å². The number of rotatable bonds is 3. The fourth-order valence-corrected chi connectivity index (χ4v) is 2.69. The number of phenolic OH excluding ortho intramolecular Hbond substituents is 1. The molecule has 0 aromatic heterocycles. The zero-order chi connectivity index (χ0) is 12.3. The van der Waals surface area contributed by atoms with Crippen molar-refractivity contribution in [2.75, 3.05) is 0 Å². The van der Waals surface area contributed by atoms with Gasteiger partial charge in [0.1, 0.15) is 5.75 Å². The molecule has 17 heavy (non-hydrogen) atoms. The highest BCUT2D eigenvalue weighted by atomic mass is 32.2. The molecule has 0 spiro atoms. The molecule has 0 bridgehead atoms. The Morgan fingerprint density at radius 1 is 0.941 bits per heavy atom. The van der Waals surface area contributed by atoms with Gasteiger partial charge in [-0.25, -0.2) is 0 Å². The highest BCUT2D eigenvalue weighted by Gasteiger charge is 1.98. The smallest absolute Gasteiger partial charge is 0.115 e. The van der Waals surface area contributed by atoms with Gasteiger partial charge in [0, 0.05) is 10.6 Å². The highest BCUT2D eigenvalue weighted by molar-refractivity contribution is 7.98. The second-order valence-electron chi connectivity index (χ2n) is 4.28. The first-order valence-corrected chi connectivity index (χ1v) is 6.61. The van der Waals surface area contributed by atoms with E-state index in [2.05, 4.69) is 32.0 Å². The highest BCUT2D eigenvalue weighted by Crippen LogP contribution is 2.25. The number of hydrogen-bond acceptors (Lipinski definition) is 2. The lowest BCUT2D eigenvalue weighted by molar-refractivity contribution is 0.475. The molecule has 2 aromatic carbocycles. The van der Waals surface area contributed by atoms with Crippen LogP contribution in [-0.2, 0) is 5.75 Å². The van der Waals surface area contributed by atoms with Crippen LogP contribution >= 0.6 is 11.8 Å². The van der Waals surface area contributed by atoms with E-state index >= 15 is 0 Å². The van der Waals surface area contributed by atoms with Crippen molar-refractivity contribution in [1.29, 1.82) is 0 Å². The summed E-state index contributed by atoms with van der Waals surface area (Å²) >= 11 is 1.79. The molecule has 0 aliphatic heterocycles. The summed E-state index contributed by atoms with van der Waals surface area (Å²) in [6.07, 6.45) is 0. The summed E-state index contributed by atoms with van der Waals surface area (Å²) in [6.45, 7) is 4.25. The third-order valence-corrected chi connectivity index (χ3v) is 3.61. The Morgan fingerprint density at radius 2 is 1.53 bits per heavy atom. The molecular formula is C15H16OS. The lowest BCUT2D eigenvalue weighted by Crippen LogP contribution is -1.85. The Labute approximate surface area is 107 Å². The first-order valence-electron chi connectivity index (χ1n) is 5.62. The average molecular weight is 244 g/mol. The normalized spacial score (nSPS) is 10.5. The monoisotopic (exact) mass is 244 g/mol. The molecule has 0 amide bonds. The summed E-state index contributed by atoms with van der Waals surface area (Å²) in [7, 11) is 0. The topological polar surface area (TPSA) is 20.2 Å². The van der Waals surface area contributed by atoms with Crippen molar-refractivity contribution < 1.29 is 5.11 Å². The second kappa shape index (κ2) is 5.28. The molecule has 0 aliphatic carbocycles. The van der Waals surface area contributed by atoms with Gasteiger partial charge in [0.25, 0.3) is 0 Å². The third-order valence-electron chi connectivity index (χ3n) is 2.52. The van der Waals surface area contributed by atoms with Gasteiger partial charge >= 0.3 is 0 Å². The molecule has 0 radical (unpaired) electrons. The van der Waals surface area contributed by atoms with Crippen LogP contribution in [0.1, 0.15) is 16.7 Å². The number of aromatic hydroxyl groups is 1. The van der Waals surface area contributed by atoms with Crippen LogP contribution in [0.2, 0.25) is 0 Å². The molecule has 0 heterocycles. The first kappa shape index (κ1) is 12.1. The summed E-state index contributed by atoms with van der Waals surface area (Å²) in [5.41, 5.74) is 3.97. The van der Waals surface area contributed by atoms with Crippen molar-refractivity contribution in [3.8, 4) is 5.75 Å². The minimum absolute atomic E-state index is 0.320. The summed E-state index contributed by atoms with van der Waals surface area (Å²) in [5, 5.41) is 9.21. The predicted octanol–water partition coefficient (Wildman–Crippen LogP) is 4.30. The quantitative estimate of drug-likeness (QED) is 0.812. The zero-order valence-electron chi connectivity index (χ0n) is 10.1. The van der Waals surface area contributed by atoms with Gasteiger partial charge in [0.05, 0.1) is 0 Å². The summed E-state index contributed by atoms with van der Waals surface area (Å²) < 4.78 is 0. The number of aryl methyl sites for hydroxylation is 2. The maximum absolute atomic E-state index is 9.21. The molecule has 0 saturated heterocycles. The van der Waals surface area contributed by atoms with Gasteiger partial charge in [-0.05, 0) is 43.7 Å². The van der Waals surface area contributed by atoms with E-state index in [9.17, 15) is 5.11 Å². The third kappa shape index (κ3) is 3.53. The average Bonchev–Trinajstić information content (AvgIpc) is 2.27. The molecule has 0 unspecified atom stereocenters. The number of hydrogen-bond donors (Lipinski definition) is 1. The fourth-order valence-electron chi connectivity index (χ4n) is 1.86. The Hall–Kier alpha value is -1.41. The maximum Gasteiger partial charge on any atom is 0.115 e. The second-order valence-corrected chi connectivity index (χ2v) is 5.33. The van der Waals surface area contributed by atoms with Crippen LogP contribution in [0.5, 0.6) is 5.75 Å². The lowest BCUT2D eigenvalue weighted by Gasteiger charge is -2.05. The van der Waals surface area contributed by atoms with Crippen LogP contribution in [-0.4, -0.2) is 5.11 Å². The van der Waals surface area contributed by atoms with Crippen molar-refractivity contribution in [3.63, 3.8) is 0 Å². The maximum atomic E-state index is 9.21. The summed E-state index contributed by atoms with van der Waals surface area (Å²) in [4.78, 5) is 1.18. The van der Waals surface area contributed by atoms with E-state index in [1.807, 2.05) is 12.1 Å². The van der Waals surface area contributed by atoms with Gasteiger partial charge < -0.3 is 5.11 Å². The number of thioether (sulfide) groups is 1. The number of benzene rings is 2. The fraction of sp³-hybridized carbons (Fsp3) is 0.200. The summed E-state index contributed by atoms with van der Waals surface area (Å²) in [5.74, 6) is 1.29. The van der Waals surface area contributed by atoms with E-state index in [-0.39, 0.29) is 0 Å². The minimum Gasteiger partial charge on any atom is -0.508 e. The van der Waals surface area contributed by atoms with Gasteiger partial charge in [0.2, 0.25) is 0 Å². The first-order chi connectivity index (χ1) is 8.13. The molecule has 0 aliphatic rings. The molecule has 1 N–H and O–H groups in total. The van der Waals surface area contributed by atoms with Crippen LogP contribution in [0, 0.1) is 13.8 Å². The standard InChI is InChI=1S/C15H16OS/c1-11-7-12(2)9-13(8-11)10-17-15-5-3-14(16)4-6-15/h3-9,16H,10H2,1-2H3. The van der Waals surface area contributed by atoms with E-state index in [0.29, 0.717) is 5.75 Å². The van der Waals surface area contributed by atoms with Gasteiger partial charge in [-0.1, -0.05) is 29.3 Å². The Bertz CT molecular complexity index is 483. The molecule has 88 valence electrons.